The molecular weight excluding hydrogens is 230 g/mol. The van der Waals surface area contributed by atoms with Gasteiger partial charge in [0.05, 0.1) is 13.1 Å². The lowest BCUT2D eigenvalue weighted by atomic mass is 10.4. The zero-order valence-corrected chi connectivity index (χ0v) is 9.52. The number of rotatable bonds is 7. The van der Waals surface area contributed by atoms with Crippen LogP contribution in [-0.4, -0.2) is 53.9 Å². The van der Waals surface area contributed by atoms with E-state index in [2.05, 4.69) is 16.0 Å². The fourth-order valence-electron chi connectivity index (χ4n) is 0.827. The molecule has 8 nitrogen and oxygen atoms in total. The number of carbonyl (C=O) groups excluding carboxylic acids is 2. The van der Waals surface area contributed by atoms with E-state index in [1.54, 1.807) is 0 Å². The van der Waals surface area contributed by atoms with Crippen molar-refractivity contribution in [2.75, 3.05) is 19.6 Å². The summed E-state index contributed by atoms with van der Waals surface area (Å²) in [6.07, 6.45) is -0.863. The SMILES string of the molecule is CCCNC(=O)CNC(=O)NC[C@H](O)C(=O)O. The average molecular weight is 247 g/mol. The Labute approximate surface area is 98.4 Å². The molecule has 0 bridgehead atoms. The minimum absolute atomic E-state index is 0.199. The lowest BCUT2D eigenvalue weighted by molar-refractivity contribution is -0.146. The number of hydrogen-bond acceptors (Lipinski definition) is 4. The van der Waals surface area contributed by atoms with Crippen LogP contribution in [0, 0.1) is 0 Å². The van der Waals surface area contributed by atoms with Gasteiger partial charge in [0.1, 0.15) is 0 Å². The lowest BCUT2D eigenvalue weighted by Crippen LogP contribution is -2.45. The first kappa shape index (κ1) is 15.2. The van der Waals surface area contributed by atoms with E-state index in [-0.39, 0.29) is 12.5 Å². The van der Waals surface area contributed by atoms with E-state index in [9.17, 15) is 14.4 Å². The van der Waals surface area contributed by atoms with Crippen molar-refractivity contribution in [2.24, 2.45) is 0 Å². The van der Waals surface area contributed by atoms with Gasteiger partial charge in [-0.15, -0.1) is 0 Å². The number of urea groups is 1. The second-order valence-corrected chi connectivity index (χ2v) is 3.27. The average Bonchev–Trinajstić information content (AvgIpc) is 2.30. The quantitative estimate of drug-likeness (QED) is 0.365. The third-order valence-corrected chi connectivity index (χ3v) is 1.72. The summed E-state index contributed by atoms with van der Waals surface area (Å²) in [4.78, 5) is 32.3. The predicted molar refractivity (Wildman–Crippen MR) is 58.3 cm³/mol. The summed E-state index contributed by atoms with van der Waals surface area (Å²) in [5.41, 5.74) is 0. The summed E-state index contributed by atoms with van der Waals surface area (Å²) in [5, 5.41) is 24.1. The zero-order chi connectivity index (χ0) is 13.3. The lowest BCUT2D eigenvalue weighted by Gasteiger charge is -2.09. The number of carboxylic acids is 1. The third-order valence-electron chi connectivity index (χ3n) is 1.72. The predicted octanol–water partition coefficient (Wildman–Crippen LogP) is -1.74. The molecule has 0 aliphatic rings. The van der Waals surface area contributed by atoms with Crippen LogP contribution in [0.3, 0.4) is 0 Å². The Morgan fingerprint density at radius 3 is 2.35 bits per heavy atom. The Bertz CT molecular complexity index is 282. The van der Waals surface area contributed by atoms with Gasteiger partial charge >= 0.3 is 12.0 Å². The molecule has 0 fully saturated rings. The first-order valence-corrected chi connectivity index (χ1v) is 5.16. The van der Waals surface area contributed by atoms with Crippen molar-refractivity contribution in [3.63, 3.8) is 0 Å². The molecule has 1 atom stereocenters. The Hall–Kier alpha value is -1.83. The maximum absolute atomic E-state index is 11.1. The van der Waals surface area contributed by atoms with E-state index in [0.717, 1.165) is 6.42 Å². The first-order chi connectivity index (χ1) is 7.97. The number of nitrogens with one attached hydrogen (secondary N) is 3. The number of aliphatic carboxylic acids is 1. The number of carbonyl (C=O) groups is 3. The molecule has 0 heterocycles. The van der Waals surface area contributed by atoms with E-state index in [1.165, 1.54) is 0 Å². The van der Waals surface area contributed by atoms with Gasteiger partial charge in [-0.05, 0) is 6.42 Å². The first-order valence-electron chi connectivity index (χ1n) is 5.16. The fraction of sp³-hybridized carbons (Fsp3) is 0.667. The van der Waals surface area contributed by atoms with E-state index in [1.807, 2.05) is 6.92 Å². The van der Waals surface area contributed by atoms with Crippen molar-refractivity contribution in [1.29, 1.82) is 0 Å². The number of carboxylic acid groups (broad SMARTS) is 1. The van der Waals surface area contributed by atoms with E-state index >= 15 is 0 Å². The van der Waals surface area contributed by atoms with Crippen LogP contribution in [0.15, 0.2) is 0 Å². The number of hydrogen-bond donors (Lipinski definition) is 5. The van der Waals surface area contributed by atoms with Gasteiger partial charge in [0.2, 0.25) is 5.91 Å². The molecule has 0 aliphatic carbocycles. The highest BCUT2D eigenvalue weighted by Crippen LogP contribution is 1.79. The summed E-state index contributed by atoms with van der Waals surface area (Å²) in [6, 6.07) is -0.711. The maximum Gasteiger partial charge on any atom is 0.334 e. The molecule has 0 radical (unpaired) electrons. The minimum atomic E-state index is -1.66. The summed E-state index contributed by atoms with van der Waals surface area (Å²) >= 11 is 0. The highest BCUT2D eigenvalue weighted by Gasteiger charge is 2.14. The van der Waals surface area contributed by atoms with Crippen LogP contribution < -0.4 is 16.0 Å². The topological polar surface area (TPSA) is 128 Å². The molecule has 0 unspecified atom stereocenters. The van der Waals surface area contributed by atoms with Crippen molar-refractivity contribution < 1.29 is 24.6 Å². The van der Waals surface area contributed by atoms with Crippen LogP contribution >= 0.6 is 0 Å². The summed E-state index contributed by atoms with van der Waals surface area (Å²) in [5.74, 6) is -1.76. The van der Waals surface area contributed by atoms with Crippen molar-refractivity contribution in [2.45, 2.75) is 19.4 Å². The Balaban J connectivity index is 3.66. The van der Waals surface area contributed by atoms with Crippen molar-refractivity contribution >= 4 is 17.9 Å². The highest BCUT2D eigenvalue weighted by molar-refractivity contribution is 5.84. The van der Waals surface area contributed by atoms with Crippen LogP contribution in [0.4, 0.5) is 4.79 Å². The second-order valence-electron chi connectivity index (χ2n) is 3.27. The molecule has 0 aromatic rings. The van der Waals surface area contributed by atoms with Gasteiger partial charge in [0.25, 0.3) is 0 Å². The van der Waals surface area contributed by atoms with Gasteiger partial charge in [-0.3, -0.25) is 4.79 Å². The van der Waals surface area contributed by atoms with Crippen LogP contribution in [0.5, 0.6) is 0 Å². The van der Waals surface area contributed by atoms with E-state index < -0.39 is 24.6 Å². The van der Waals surface area contributed by atoms with Gasteiger partial charge < -0.3 is 26.2 Å². The van der Waals surface area contributed by atoms with Crippen LogP contribution in [0.25, 0.3) is 0 Å². The van der Waals surface area contributed by atoms with Crippen LogP contribution in [0.1, 0.15) is 13.3 Å². The molecule has 0 aliphatic heterocycles. The van der Waals surface area contributed by atoms with Crippen molar-refractivity contribution in [3.8, 4) is 0 Å². The number of aliphatic hydroxyl groups is 1. The van der Waals surface area contributed by atoms with Crippen LogP contribution in [0.2, 0.25) is 0 Å². The fourth-order valence-corrected chi connectivity index (χ4v) is 0.827. The van der Waals surface area contributed by atoms with E-state index in [0.29, 0.717) is 6.54 Å². The highest BCUT2D eigenvalue weighted by atomic mass is 16.4. The maximum atomic E-state index is 11.1. The summed E-state index contributed by atoms with van der Waals surface area (Å²) in [6.45, 7) is 1.81. The van der Waals surface area contributed by atoms with Crippen molar-refractivity contribution in [1.82, 2.24) is 16.0 Å². The summed E-state index contributed by atoms with van der Waals surface area (Å²) in [7, 11) is 0. The van der Waals surface area contributed by atoms with Gasteiger partial charge in [-0.1, -0.05) is 6.92 Å². The third kappa shape index (κ3) is 8.03. The van der Waals surface area contributed by atoms with Crippen LogP contribution in [-0.2, 0) is 9.59 Å². The molecule has 0 aromatic heterocycles. The molecule has 17 heavy (non-hydrogen) atoms. The molecule has 0 saturated heterocycles. The second kappa shape index (κ2) is 8.34. The van der Waals surface area contributed by atoms with Crippen molar-refractivity contribution in [3.05, 3.63) is 0 Å². The van der Waals surface area contributed by atoms with Gasteiger partial charge in [-0.25, -0.2) is 9.59 Å². The normalized spacial score (nSPS) is 11.4. The Morgan fingerprint density at radius 2 is 1.82 bits per heavy atom. The molecule has 0 aromatic carbocycles. The van der Waals surface area contributed by atoms with Gasteiger partial charge in [0, 0.05) is 6.54 Å². The van der Waals surface area contributed by atoms with Gasteiger partial charge in [-0.2, -0.15) is 0 Å². The summed E-state index contributed by atoms with van der Waals surface area (Å²) < 4.78 is 0. The number of aliphatic hydroxyl groups excluding tert-OH is 1. The van der Waals surface area contributed by atoms with E-state index in [4.69, 9.17) is 10.2 Å². The molecule has 0 rings (SSSR count). The largest absolute Gasteiger partial charge is 0.479 e. The monoisotopic (exact) mass is 247 g/mol. The molecule has 5 N–H and O–H groups in total. The molecule has 0 spiro atoms. The number of amides is 3. The molecule has 98 valence electrons. The smallest absolute Gasteiger partial charge is 0.334 e. The zero-order valence-electron chi connectivity index (χ0n) is 9.52. The molecule has 3 amide bonds. The standard InChI is InChI=1S/C9H17N3O5/c1-2-3-10-7(14)5-12-9(17)11-4-6(13)8(15)16/h6,13H,2-5H2,1H3,(H,10,14)(H,15,16)(H2,11,12,17)/t6-/m0/s1. The minimum Gasteiger partial charge on any atom is -0.479 e. The van der Waals surface area contributed by atoms with Gasteiger partial charge in [0.15, 0.2) is 6.10 Å². The molecule has 8 heteroatoms. The Morgan fingerprint density at radius 1 is 1.18 bits per heavy atom. The molecule has 0 saturated carbocycles. The molecular formula is C9H17N3O5. The Kier molecular flexibility index (Phi) is 7.44.